The minimum Gasteiger partial charge on any atom is -0.356 e. The molecule has 1 amide bonds. The van der Waals surface area contributed by atoms with Crippen molar-refractivity contribution in [3.8, 4) is 0 Å². The van der Waals surface area contributed by atoms with Gasteiger partial charge in [-0.15, -0.1) is 0 Å². The van der Waals surface area contributed by atoms with E-state index in [1.165, 1.54) is 25.0 Å². The highest BCUT2D eigenvalue weighted by atomic mass is 19.4. The molecular formula is C26H27F3N4O. The van der Waals surface area contributed by atoms with E-state index >= 15 is 0 Å². The van der Waals surface area contributed by atoms with Gasteiger partial charge in [-0.05, 0) is 73.8 Å². The van der Waals surface area contributed by atoms with Crippen LogP contribution in [-0.4, -0.2) is 37.1 Å². The van der Waals surface area contributed by atoms with Crippen LogP contribution in [0.15, 0.2) is 54.6 Å². The lowest BCUT2D eigenvalue weighted by atomic mass is 9.87. The van der Waals surface area contributed by atoms with Crippen LogP contribution in [0.2, 0.25) is 0 Å². The zero-order valence-electron chi connectivity index (χ0n) is 18.8. The van der Waals surface area contributed by atoms with Crippen LogP contribution in [0.1, 0.15) is 30.4 Å². The summed E-state index contributed by atoms with van der Waals surface area (Å²) in [6.45, 7) is 4.23. The topological polar surface area (TPSA) is 57.3 Å². The second-order valence-corrected chi connectivity index (χ2v) is 9.42. The van der Waals surface area contributed by atoms with Crippen molar-refractivity contribution < 1.29 is 18.0 Å². The van der Waals surface area contributed by atoms with Crippen molar-refractivity contribution in [3.63, 3.8) is 0 Å². The Morgan fingerprint density at radius 3 is 2.65 bits per heavy atom. The molecule has 0 radical (unpaired) electrons. The van der Waals surface area contributed by atoms with E-state index in [9.17, 15) is 18.0 Å². The maximum absolute atomic E-state index is 12.7. The minimum atomic E-state index is -4.36. The van der Waals surface area contributed by atoms with Gasteiger partial charge in [0.15, 0.2) is 0 Å². The Labute approximate surface area is 196 Å². The molecule has 0 aliphatic carbocycles. The molecule has 2 aromatic carbocycles. The number of aromatic nitrogens is 1. The maximum atomic E-state index is 12.7. The van der Waals surface area contributed by atoms with Gasteiger partial charge in [-0.3, -0.25) is 4.79 Å². The SMILES string of the molecule is O=C(CCc1ccc(C(F)(F)F)cc1)Nc1ccc2nc(N3CC[C@@]4(CCNC4)C3)ccc2c1. The Bertz CT molecular complexity index is 1190. The second kappa shape index (κ2) is 8.91. The molecule has 5 nitrogen and oxygen atoms in total. The maximum Gasteiger partial charge on any atom is 0.416 e. The summed E-state index contributed by atoms with van der Waals surface area (Å²) in [6, 6.07) is 14.6. The summed E-state index contributed by atoms with van der Waals surface area (Å²) in [5.74, 6) is 0.806. The smallest absolute Gasteiger partial charge is 0.356 e. The van der Waals surface area contributed by atoms with E-state index in [1.54, 1.807) is 0 Å². The third kappa shape index (κ3) is 4.87. The van der Waals surface area contributed by atoms with Crippen LogP contribution in [0.5, 0.6) is 0 Å². The van der Waals surface area contributed by atoms with Gasteiger partial charge < -0.3 is 15.5 Å². The molecule has 2 N–H and O–H groups in total. The number of hydrogen-bond acceptors (Lipinski definition) is 4. The quantitative estimate of drug-likeness (QED) is 0.553. The number of pyridine rings is 1. The molecule has 2 fully saturated rings. The number of alkyl halides is 3. The number of carbonyl (C=O) groups is 1. The fraction of sp³-hybridized carbons (Fsp3) is 0.385. The van der Waals surface area contributed by atoms with Crippen LogP contribution in [0.4, 0.5) is 24.7 Å². The van der Waals surface area contributed by atoms with Gasteiger partial charge in [-0.2, -0.15) is 13.2 Å². The molecule has 5 rings (SSSR count). The summed E-state index contributed by atoms with van der Waals surface area (Å²) >= 11 is 0. The van der Waals surface area contributed by atoms with Gasteiger partial charge in [0.05, 0.1) is 11.1 Å². The normalized spacial score (nSPS) is 20.4. The number of anilines is 2. The van der Waals surface area contributed by atoms with Crippen molar-refractivity contribution >= 4 is 28.3 Å². The van der Waals surface area contributed by atoms with E-state index in [-0.39, 0.29) is 12.3 Å². The van der Waals surface area contributed by atoms with Crippen LogP contribution in [0.25, 0.3) is 10.9 Å². The van der Waals surface area contributed by atoms with Crippen molar-refractivity contribution in [1.29, 1.82) is 0 Å². The molecule has 178 valence electrons. The summed E-state index contributed by atoms with van der Waals surface area (Å²) in [6.07, 6.45) is -1.39. The first-order chi connectivity index (χ1) is 16.3. The van der Waals surface area contributed by atoms with Crippen LogP contribution in [-0.2, 0) is 17.4 Å². The summed E-state index contributed by atoms with van der Waals surface area (Å²) in [4.78, 5) is 19.6. The fourth-order valence-corrected chi connectivity index (χ4v) is 4.98. The number of aryl methyl sites for hydroxylation is 1. The van der Waals surface area contributed by atoms with E-state index in [0.29, 0.717) is 23.1 Å². The molecule has 0 saturated carbocycles. The molecule has 3 aromatic rings. The predicted molar refractivity (Wildman–Crippen MR) is 127 cm³/mol. The van der Waals surface area contributed by atoms with E-state index in [1.807, 2.05) is 30.3 Å². The summed E-state index contributed by atoms with van der Waals surface area (Å²) in [5.41, 5.74) is 1.94. The first kappa shape index (κ1) is 22.7. The van der Waals surface area contributed by atoms with Crippen LogP contribution < -0.4 is 15.5 Å². The predicted octanol–water partition coefficient (Wildman–Crippen LogP) is 5.01. The number of amides is 1. The van der Waals surface area contributed by atoms with E-state index < -0.39 is 11.7 Å². The number of hydrogen-bond donors (Lipinski definition) is 2. The summed E-state index contributed by atoms with van der Waals surface area (Å²) in [7, 11) is 0. The third-order valence-electron chi connectivity index (χ3n) is 6.97. The number of nitrogens with zero attached hydrogens (tertiary/aromatic N) is 2. The van der Waals surface area contributed by atoms with Gasteiger partial charge in [-0.25, -0.2) is 4.98 Å². The minimum absolute atomic E-state index is 0.184. The van der Waals surface area contributed by atoms with Gasteiger partial charge in [0.1, 0.15) is 5.82 Å². The lowest BCUT2D eigenvalue weighted by Gasteiger charge is -2.23. The Balaban J connectivity index is 1.19. The Morgan fingerprint density at radius 1 is 1.09 bits per heavy atom. The lowest BCUT2D eigenvalue weighted by Crippen LogP contribution is -2.29. The standard InChI is InChI=1S/C26H27F3N4O/c27-26(28,29)20-5-1-18(2-6-20)3-10-24(34)31-21-7-8-22-19(15-21)4-9-23(32-22)33-14-12-25(17-33)11-13-30-16-25/h1-2,4-9,15,30H,3,10-14,16-17H2,(H,31,34)/t25-/m1/s1. The Kier molecular flexibility index (Phi) is 5.93. The van der Waals surface area contributed by atoms with Crippen LogP contribution in [0, 0.1) is 5.41 Å². The van der Waals surface area contributed by atoms with Gasteiger partial charge in [0.25, 0.3) is 0 Å². The summed E-state index contributed by atoms with van der Waals surface area (Å²) in [5, 5.41) is 7.31. The zero-order chi connectivity index (χ0) is 23.8. The van der Waals surface area contributed by atoms with Crippen molar-refractivity contribution in [3.05, 3.63) is 65.7 Å². The fourth-order valence-electron chi connectivity index (χ4n) is 4.98. The third-order valence-corrected chi connectivity index (χ3v) is 6.97. The monoisotopic (exact) mass is 468 g/mol. The number of carbonyl (C=O) groups excluding carboxylic acids is 1. The highest BCUT2D eigenvalue weighted by Crippen LogP contribution is 2.38. The average Bonchev–Trinajstić information content (AvgIpc) is 3.47. The molecule has 0 bridgehead atoms. The van der Waals surface area contributed by atoms with Crippen molar-refractivity contribution in [2.75, 3.05) is 36.4 Å². The Hall–Kier alpha value is -3.13. The van der Waals surface area contributed by atoms with Gasteiger partial charge >= 0.3 is 6.18 Å². The van der Waals surface area contributed by atoms with Gasteiger partial charge in [0.2, 0.25) is 5.91 Å². The number of rotatable bonds is 5. The Morgan fingerprint density at radius 2 is 1.91 bits per heavy atom. The average molecular weight is 469 g/mol. The van der Waals surface area contributed by atoms with Crippen LogP contribution >= 0.6 is 0 Å². The van der Waals surface area contributed by atoms with Gasteiger partial charge in [-0.1, -0.05) is 12.1 Å². The largest absolute Gasteiger partial charge is 0.416 e. The molecule has 0 unspecified atom stereocenters. The number of benzene rings is 2. The molecule has 2 aliphatic heterocycles. The number of halogens is 3. The van der Waals surface area contributed by atoms with Crippen molar-refractivity contribution in [1.82, 2.24) is 10.3 Å². The van der Waals surface area contributed by atoms with E-state index in [4.69, 9.17) is 4.98 Å². The van der Waals surface area contributed by atoms with Gasteiger partial charge in [0, 0.05) is 42.5 Å². The molecule has 2 aliphatic rings. The van der Waals surface area contributed by atoms with Crippen molar-refractivity contribution in [2.24, 2.45) is 5.41 Å². The molecule has 1 aromatic heterocycles. The second-order valence-electron chi connectivity index (χ2n) is 9.42. The first-order valence-corrected chi connectivity index (χ1v) is 11.6. The molecular weight excluding hydrogens is 441 g/mol. The highest BCUT2D eigenvalue weighted by molar-refractivity contribution is 5.94. The molecule has 34 heavy (non-hydrogen) atoms. The lowest BCUT2D eigenvalue weighted by molar-refractivity contribution is -0.137. The number of nitrogens with one attached hydrogen (secondary N) is 2. The highest BCUT2D eigenvalue weighted by Gasteiger charge is 2.40. The van der Waals surface area contributed by atoms with Crippen LogP contribution in [0.3, 0.4) is 0 Å². The molecule has 1 spiro atoms. The first-order valence-electron chi connectivity index (χ1n) is 11.6. The molecule has 8 heteroatoms. The van der Waals surface area contributed by atoms with E-state index in [0.717, 1.165) is 55.0 Å². The summed E-state index contributed by atoms with van der Waals surface area (Å²) < 4.78 is 38.0. The van der Waals surface area contributed by atoms with Crippen molar-refractivity contribution in [2.45, 2.75) is 31.9 Å². The molecule has 3 heterocycles. The number of fused-ring (bicyclic) bond motifs is 1. The van der Waals surface area contributed by atoms with E-state index in [2.05, 4.69) is 15.5 Å². The zero-order valence-corrected chi connectivity index (χ0v) is 18.8. The molecule has 1 atom stereocenters. The molecule has 2 saturated heterocycles.